The number of thiophene rings is 1. The van der Waals surface area contributed by atoms with Gasteiger partial charge in [0.1, 0.15) is 35.3 Å². The highest BCUT2D eigenvalue weighted by molar-refractivity contribution is 7.91. The molecule has 0 fully saturated rings. The quantitative estimate of drug-likeness (QED) is 0.194. The molecule has 4 aromatic rings. The molecule has 192 valence electrons. The van der Waals surface area contributed by atoms with E-state index in [1.807, 2.05) is 0 Å². The second kappa shape index (κ2) is 11.6. The predicted molar refractivity (Wildman–Crippen MR) is 140 cm³/mol. The average Bonchev–Trinajstić information content (AvgIpc) is 3.38. The lowest BCUT2D eigenvalue weighted by molar-refractivity contribution is 0.0691. The van der Waals surface area contributed by atoms with Crippen LogP contribution < -0.4 is 13.8 Å². The van der Waals surface area contributed by atoms with Crippen LogP contribution in [0.3, 0.4) is 0 Å². The molecule has 0 radical (unpaired) electrons. The van der Waals surface area contributed by atoms with Crippen molar-refractivity contribution in [2.75, 3.05) is 17.5 Å². The van der Waals surface area contributed by atoms with Gasteiger partial charge in [-0.25, -0.2) is 21.7 Å². The number of aromatic carboxylic acids is 1. The van der Waals surface area contributed by atoms with Gasteiger partial charge in [0, 0.05) is 5.38 Å². The van der Waals surface area contributed by atoms with Crippen molar-refractivity contribution in [2.24, 2.45) is 0 Å². The van der Waals surface area contributed by atoms with Crippen LogP contribution in [0.15, 0.2) is 100 Å². The van der Waals surface area contributed by atoms with E-state index in [1.165, 1.54) is 29.6 Å². The number of sulfone groups is 1. The highest BCUT2D eigenvalue weighted by Crippen LogP contribution is 2.36. The molecule has 0 bridgehead atoms. The van der Waals surface area contributed by atoms with Crippen molar-refractivity contribution in [3.8, 4) is 11.5 Å². The van der Waals surface area contributed by atoms with Crippen molar-refractivity contribution >= 4 is 49.1 Å². The molecule has 1 atom stereocenters. The summed E-state index contributed by atoms with van der Waals surface area (Å²) in [5, 5.41) is 10.9. The Morgan fingerprint density at radius 1 is 0.892 bits per heavy atom. The minimum Gasteiger partial charge on any atom is -0.490 e. The van der Waals surface area contributed by atoms with Crippen LogP contribution >= 0.6 is 11.3 Å². The van der Waals surface area contributed by atoms with Gasteiger partial charge in [-0.15, -0.1) is 11.3 Å². The third kappa shape index (κ3) is 6.17. The lowest BCUT2D eigenvalue weighted by Gasteiger charge is -2.18. The van der Waals surface area contributed by atoms with Crippen LogP contribution in [0.25, 0.3) is 0 Å². The molecular formula is C25H21NO8S3. The van der Waals surface area contributed by atoms with Gasteiger partial charge in [-0.05, 0) is 54.6 Å². The molecule has 2 N–H and O–H groups in total. The fourth-order valence-electron chi connectivity index (χ4n) is 3.34. The van der Waals surface area contributed by atoms with Crippen molar-refractivity contribution in [1.29, 1.82) is 0 Å². The molecule has 0 aliphatic heterocycles. The van der Waals surface area contributed by atoms with Gasteiger partial charge in [-0.2, -0.15) is 0 Å². The minimum atomic E-state index is -3.77. The van der Waals surface area contributed by atoms with E-state index in [-0.39, 0.29) is 39.3 Å². The molecule has 1 heterocycles. The third-order valence-corrected chi connectivity index (χ3v) is 8.73. The van der Waals surface area contributed by atoms with E-state index in [9.17, 15) is 27.1 Å². The number of anilines is 2. The number of ether oxygens (including phenoxy) is 2. The Labute approximate surface area is 219 Å². The van der Waals surface area contributed by atoms with Crippen molar-refractivity contribution in [3.05, 3.63) is 95.9 Å². The Bertz CT molecular complexity index is 1500. The average molecular weight is 560 g/mol. The first-order chi connectivity index (χ1) is 17.8. The normalized spacial score (nSPS) is 12.0. The van der Waals surface area contributed by atoms with Gasteiger partial charge in [0.25, 0.3) is 11.3 Å². The van der Waals surface area contributed by atoms with Gasteiger partial charge in [0.05, 0.1) is 15.5 Å². The summed E-state index contributed by atoms with van der Waals surface area (Å²) < 4.78 is 60.1. The molecule has 12 heteroatoms. The molecule has 0 aliphatic rings. The Hall–Kier alpha value is -3.71. The van der Waals surface area contributed by atoms with Gasteiger partial charge in [0.15, 0.2) is 0 Å². The molecule has 4 rings (SSSR count). The highest BCUT2D eigenvalue weighted by atomic mass is 32.2. The number of hydrogen-bond donors (Lipinski definition) is 2. The van der Waals surface area contributed by atoms with Crippen molar-refractivity contribution < 1.29 is 36.6 Å². The molecule has 37 heavy (non-hydrogen) atoms. The molecule has 0 saturated carbocycles. The summed E-state index contributed by atoms with van der Waals surface area (Å²) in [6.07, 6.45) is 0. The predicted octanol–water partition coefficient (Wildman–Crippen LogP) is 5.01. The lowest BCUT2D eigenvalue weighted by atomic mass is 10.2. The number of rotatable bonds is 11. The summed E-state index contributed by atoms with van der Waals surface area (Å²) in [6, 6.07) is 21.9. The topological polar surface area (TPSA) is 130 Å². The lowest BCUT2D eigenvalue weighted by Crippen LogP contribution is -2.18. The van der Waals surface area contributed by atoms with Gasteiger partial charge in [-0.3, -0.25) is 4.55 Å². The molecule has 1 unspecified atom stereocenters. The third-order valence-electron chi connectivity index (χ3n) is 5.08. The summed E-state index contributed by atoms with van der Waals surface area (Å²) in [4.78, 5) is 11.4. The highest BCUT2D eigenvalue weighted by Gasteiger charge is 2.23. The van der Waals surface area contributed by atoms with Crippen LogP contribution in [-0.4, -0.2) is 41.5 Å². The van der Waals surface area contributed by atoms with E-state index in [1.54, 1.807) is 60.7 Å². The molecule has 0 aliphatic carbocycles. The maximum atomic E-state index is 12.9. The summed E-state index contributed by atoms with van der Waals surface area (Å²) in [5.41, 5.74) is 0.405. The smallest absolute Gasteiger partial charge is 0.339 e. The number of nitrogens with zero attached hydrogens (tertiary/aromatic N) is 1. The van der Waals surface area contributed by atoms with Gasteiger partial charge < -0.3 is 14.6 Å². The summed E-state index contributed by atoms with van der Waals surface area (Å²) in [5.74, 6) is -0.394. The van der Waals surface area contributed by atoms with Crippen molar-refractivity contribution in [3.63, 3.8) is 0 Å². The summed E-state index contributed by atoms with van der Waals surface area (Å²) >= 11 is -1.44. The van der Waals surface area contributed by atoms with Gasteiger partial charge in [0.2, 0.25) is 9.84 Å². The Morgan fingerprint density at radius 3 is 2.22 bits per heavy atom. The molecule has 0 amide bonds. The number of hydrogen-bond acceptors (Lipinski definition) is 7. The second-order valence-corrected chi connectivity index (χ2v) is 11.1. The van der Waals surface area contributed by atoms with Crippen LogP contribution in [0.2, 0.25) is 0 Å². The van der Waals surface area contributed by atoms with Crippen LogP contribution in [0.4, 0.5) is 10.7 Å². The van der Waals surface area contributed by atoms with Crippen molar-refractivity contribution in [2.45, 2.75) is 9.79 Å². The van der Waals surface area contributed by atoms with E-state index < -0.39 is 27.1 Å². The number of benzene rings is 3. The monoisotopic (exact) mass is 559 g/mol. The van der Waals surface area contributed by atoms with E-state index in [0.717, 1.165) is 15.6 Å². The standard InChI is InChI=1S/C25H21NO8S3/c27-25(28)22-8-4-5-9-23(22)34-15-14-33-19-12-10-18(11-13-19)26(36(29)30)24-16-21(17-35-24)37(31,32)20-6-2-1-3-7-20/h1-13,16-17H,14-15H2,(H,27,28)(H,29,30). The first-order valence-electron chi connectivity index (χ1n) is 10.7. The van der Waals surface area contributed by atoms with Crippen LogP contribution in [0.5, 0.6) is 11.5 Å². The molecule has 0 saturated heterocycles. The molecule has 0 spiro atoms. The van der Waals surface area contributed by atoms with Gasteiger partial charge in [-0.1, -0.05) is 30.3 Å². The summed E-state index contributed by atoms with van der Waals surface area (Å²) in [7, 11) is -3.77. The van der Waals surface area contributed by atoms with Crippen molar-refractivity contribution in [1.82, 2.24) is 0 Å². The molecule has 1 aromatic heterocycles. The summed E-state index contributed by atoms with van der Waals surface area (Å²) in [6.45, 7) is 0.237. The van der Waals surface area contributed by atoms with Crippen LogP contribution in [0, 0.1) is 0 Å². The largest absolute Gasteiger partial charge is 0.490 e. The second-order valence-electron chi connectivity index (χ2n) is 7.45. The van der Waals surface area contributed by atoms with Crippen LogP contribution in [0.1, 0.15) is 10.4 Å². The SMILES string of the molecule is O=C(O)c1ccccc1OCCOc1ccc(N(c2cc(S(=O)(=O)c3ccccc3)cs2)S(=O)O)cc1. The fourth-order valence-corrected chi connectivity index (χ4v) is 6.65. The first kappa shape index (κ1) is 26.4. The Balaban J connectivity index is 1.42. The number of carboxylic acids is 1. The first-order valence-corrected chi connectivity index (χ1v) is 14.2. The fraction of sp³-hybridized carbons (Fsp3) is 0.0800. The van der Waals surface area contributed by atoms with E-state index >= 15 is 0 Å². The zero-order valence-corrected chi connectivity index (χ0v) is 21.5. The molecular weight excluding hydrogens is 538 g/mol. The number of para-hydroxylation sites is 1. The number of carbonyl (C=O) groups is 1. The maximum absolute atomic E-state index is 12.9. The van der Waals surface area contributed by atoms with E-state index in [0.29, 0.717) is 11.4 Å². The molecule has 9 nitrogen and oxygen atoms in total. The van der Waals surface area contributed by atoms with Crippen LogP contribution in [-0.2, 0) is 21.1 Å². The Morgan fingerprint density at radius 2 is 1.54 bits per heavy atom. The van der Waals surface area contributed by atoms with Gasteiger partial charge >= 0.3 is 5.97 Å². The zero-order chi connectivity index (χ0) is 26.4. The number of carboxylic acid groups (broad SMARTS) is 1. The Kier molecular flexibility index (Phi) is 8.24. The zero-order valence-electron chi connectivity index (χ0n) is 19.1. The van der Waals surface area contributed by atoms with E-state index in [2.05, 4.69) is 0 Å². The maximum Gasteiger partial charge on any atom is 0.339 e. The van der Waals surface area contributed by atoms with E-state index in [4.69, 9.17) is 9.47 Å². The molecule has 3 aromatic carbocycles. The minimum absolute atomic E-state index is 0.0265.